The zero-order valence-corrected chi connectivity index (χ0v) is 17.0. The van der Waals surface area contributed by atoms with E-state index < -0.39 is 11.6 Å². The van der Waals surface area contributed by atoms with E-state index in [0.29, 0.717) is 5.56 Å². The Labute approximate surface area is 172 Å². The monoisotopic (exact) mass is 381 g/mol. The maximum Gasteiger partial charge on any atom is 0.156 e. The summed E-state index contributed by atoms with van der Waals surface area (Å²) in [5, 5.41) is 0. The Morgan fingerprint density at radius 3 is 1.66 bits per heavy atom. The predicted molar refractivity (Wildman–Crippen MR) is 117 cm³/mol. The second-order valence-corrected chi connectivity index (χ2v) is 6.99. The molecular formula is C26H20BF2. The summed E-state index contributed by atoms with van der Waals surface area (Å²) in [6, 6.07) is 14.5. The van der Waals surface area contributed by atoms with Crippen LogP contribution in [0.3, 0.4) is 0 Å². The van der Waals surface area contributed by atoms with Gasteiger partial charge in [-0.2, -0.15) is 0 Å². The Kier molecular flexibility index (Phi) is 6.21. The Morgan fingerprint density at radius 2 is 1.14 bits per heavy atom. The minimum Gasteiger partial charge on any atom is -0.207 e. The minimum absolute atomic E-state index is 0.0289. The molecule has 1 radical (unpaired) electrons. The Morgan fingerprint density at radius 1 is 0.655 bits per heavy atom. The zero-order valence-electron chi connectivity index (χ0n) is 17.0. The SMILES string of the molecule is C[B]c1c(F)cc(C#Cc2cc(C)c(C#Cc3ccc(C)cc3)c(C)c2)cc1F. The third kappa shape index (κ3) is 4.95. The van der Waals surface area contributed by atoms with Gasteiger partial charge >= 0.3 is 0 Å². The van der Waals surface area contributed by atoms with Crippen LogP contribution in [-0.4, -0.2) is 7.28 Å². The number of rotatable bonds is 1. The van der Waals surface area contributed by atoms with E-state index in [1.807, 2.05) is 57.2 Å². The van der Waals surface area contributed by atoms with Crippen molar-refractivity contribution in [3.8, 4) is 23.7 Å². The molecule has 3 aromatic carbocycles. The minimum atomic E-state index is -0.606. The van der Waals surface area contributed by atoms with Crippen LogP contribution < -0.4 is 5.46 Å². The highest BCUT2D eigenvalue weighted by Gasteiger charge is 2.08. The van der Waals surface area contributed by atoms with Crippen LogP contribution in [0.4, 0.5) is 8.78 Å². The van der Waals surface area contributed by atoms with Crippen molar-refractivity contribution in [3.63, 3.8) is 0 Å². The molecule has 0 aromatic heterocycles. The molecule has 0 saturated heterocycles. The molecule has 0 bridgehead atoms. The molecule has 0 nitrogen and oxygen atoms in total. The highest BCUT2D eigenvalue weighted by Crippen LogP contribution is 2.16. The van der Waals surface area contributed by atoms with E-state index in [9.17, 15) is 8.78 Å². The molecule has 0 fully saturated rings. The van der Waals surface area contributed by atoms with Gasteiger partial charge in [-0.15, -0.1) is 0 Å². The lowest BCUT2D eigenvalue weighted by Gasteiger charge is -2.05. The van der Waals surface area contributed by atoms with Gasteiger partial charge in [-0.05, 0) is 73.8 Å². The first-order valence-corrected chi connectivity index (χ1v) is 9.37. The van der Waals surface area contributed by atoms with Crippen LogP contribution in [0.1, 0.15) is 38.9 Å². The first kappa shape index (κ1) is 20.4. The number of halogens is 2. The van der Waals surface area contributed by atoms with E-state index in [0.717, 1.165) is 27.8 Å². The van der Waals surface area contributed by atoms with Crippen molar-refractivity contribution < 1.29 is 8.78 Å². The molecule has 0 amide bonds. The fourth-order valence-electron chi connectivity index (χ4n) is 3.08. The van der Waals surface area contributed by atoms with Gasteiger partial charge in [0.25, 0.3) is 0 Å². The number of benzene rings is 3. The zero-order chi connectivity index (χ0) is 21.0. The topological polar surface area (TPSA) is 0 Å². The lowest BCUT2D eigenvalue weighted by atomic mass is 9.72. The van der Waals surface area contributed by atoms with Gasteiger partial charge in [-0.1, -0.05) is 48.2 Å². The average molecular weight is 381 g/mol. The molecule has 0 aliphatic heterocycles. The third-order valence-corrected chi connectivity index (χ3v) is 4.64. The first-order chi connectivity index (χ1) is 13.9. The predicted octanol–water partition coefficient (Wildman–Crippen LogP) is 5.07. The van der Waals surface area contributed by atoms with Gasteiger partial charge in [0.2, 0.25) is 0 Å². The summed E-state index contributed by atoms with van der Waals surface area (Å²) < 4.78 is 27.8. The van der Waals surface area contributed by atoms with Crippen molar-refractivity contribution in [2.75, 3.05) is 0 Å². The molecule has 29 heavy (non-hydrogen) atoms. The highest BCUT2D eigenvalue weighted by molar-refractivity contribution is 6.52. The molecule has 3 heteroatoms. The quantitative estimate of drug-likeness (QED) is 0.408. The molecule has 0 heterocycles. The molecule has 0 saturated carbocycles. The molecule has 0 spiro atoms. The lowest BCUT2D eigenvalue weighted by molar-refractivity contribution is 0.597. The van der Waals surface area contributed by atoms with Crippen LogP contribution in [0.15, 0.2) is 48.5 Å². The van der Waals surface area contributed by atoms with E-state index in [2.05, 4.69) is 23.7 Å². The van der Waals surface area contributed by atoms with Crippen LogP contribution in [0.2, 0.25) is 6.82 Å². The fourth-order valence-corrected chi connectivity index (χ4v) is 3.08. The van der Waals surface area contributed by atoms with Crippen LogP contribution in [0.25, 0.3) is 0 Å². The van der Waals surface area contributed by atoms with E-state index in [-0.39, 0.29) is 5.46 Å². The Bertz CT molecular complexity index is 1140. The molecule has 3 rings (SSSR count). The Balaban J connectivity index is 1.89. The van der Waals surface area contributed by atoms with Crippen LogP contribution in [-0.2, 0) is 0 Å². The van der Waals surface area contributed by atoms with Crippen molar-refractivity contribution in [1.82, 2.24) is 0 Å². The van der Waals surface area contributed by atoms with Gasteiger partial charge in [0.15, 0.2) is 7.28 Å². The largest absolute Gasteiger partial charge is 0.207 e. The standard InChI is InChI=1S/C26H20BF2/c1-17-5-7-20(8-6-17)11-12-23-18(2)13-21(14-19(23)3)9-10-22-15-24(28)26(27-4)25(29)16-22/h5-8,13-16H,1-4H3. The number of aryl methyl sites for hydroxylation is 3. The molecule has 0 aliphatic rings. The molecular weight excluding hydrogens is 361 g/mol. The first-order valence-electron chi connectivity index (χ1n) is 9.37. The summed E-state index contributed by atoms with van der Waals surface area (Å²) in [5.41, 5.74) is 6.24. The molecule has 0 unspecified atom stereocenters. The van der Waals surface area contributed by atoms with E-state index in [4.69, 9.17) is 0 Å². The summed E-state index contributed by atoms with van der Waals surface area (Å²) in [5.74, 6) is 11.1. The van der Waals surface area contributed by atoms with Crippen molar-refractivity contribution in [1.29, 1.82) is 0 Å². The molecule has 0 atom stereocenters. The second-order valence-electron chi connectivity index (χ2n) is 6.99. The van der Waals surface area contributed by atoms with Crippen LogP contribution in [0.5, 0.6) is 0 Å². The van der Waals surface area contributed by atoms with Gasteiger partial charge in [-0.3, -0.25) is 0 Å². The highest BCUT2D eigenvalue weighted by atomic mass is 19.1. The molecule has 0 aliphatic carbocycles. The average Bonchev–Trinajstić information content (AvgIpc) is 2.67. The third-order valence-electron chi connectivity index (χ3n) is 4.64. The fraction of sp³-hybridized carbons (Fsp3) is 0.154. The number of hydrogen-bond donors (Lipinski definition) is 0. The lowest BCUT2D eigenvalue weighted by Crippen LogP contribution is -2.20. The van der Waals surface area contributed by atoms with Crippen LogP contribution in [0, 0.1) is 56.1 Å². The smallest absolute Gasteiger partial charge is 0.156 e. The van der Waals surface area contributed by atoms with Gasteiger partial charge in [-0.25, -0.2) is 8.78 Å². The van der Waals surface area contributed by atoms with Gasteiger partial charge in [0.05, 0.1) is 0 Å². The molecule has 0 N–H and O–H groups in total. The molecule has 3 aromatic rings. The maximum absolute atomic E-state index is 13.9. The van der Waals surface area contributed by atoms with Gasteiger partial charge in [0.1, 0.15) is 11.6 Å². The van der Waals surface area contributed by atoms with Gasteiger partial charge in [0, 0.05) is 22.3 Å². The maximum atomic E-state index is 13.9. The summed E-state index contributed by atoms with van der Waals surface area (Å²) in [6.45, 7) is 7.62. The van der Waals surface area contributed by atoms with Crippen molar-refractivity contribution in [2.45, 2.75) is 27.6 Å². The summed E-state index contributed by atoms with van der Waals surface area (Å²) in [6.07, 6.45) is 0. The summed E-state index contributed by atoms with van der Waals surface area (Å²) in [4.78, 5) is 0. The van der Waals surface area contributed by atoms with Crippen molar-refractivity contribution in [2.24, 2.45) is 0 Å². The van der Waals surface area contributed by atoms with Crippen molar-refractivity contribution in [3.05, 3.63) is 99.1 Å². The summed E-state index contributed by atoms with van der Waals surface area (Å²) >= 11 is 0. The van der Waals surface area contributed by atoms with Gasteiger partial charge < -0.3 is 0 Å². The van der Waals surface area contributed by atoms with E-state index in [1.54, 1.807) is 6.82 Å². The van der Waals surface area contributed by atoms with E-state index in [1.165, 1.54) is 25.0 Å². The van der Waals surface area contributed by atoms with Crippen molar-refractivity contribution >= 4 is 12.7 Å². The Hall–Kier alpha value is -3.30. The van der Waals surface area contributed by atoms with E-state index >= 15 is 0 Å². The molecule has 141 valence electrons. The summed E-state index contributed by atoms with van der Waals surface area (Å²) in [7, 11) is 1.41. The van der Waals surface area contributed by atoms with Crippen LogP contribution >= 0.6 is 0 Å². The number of hydrogen-bond acceptors (Lipinski definition) is 0. The normalized spacial score (nSPS) is 9.86. The second kappa shape index (κ2) is 8.81.